The van der Waals surface area contributed by atoms with Gasteiger partial charge >= 0.3 is 0 Å². The highest BCUT2D eigenvalue weighted by Gasteiger charge is 2.46. The summed E-state index contributed by atoms with van der Waals surface area (Å²) < 4.78 is 35.5. The molecule has 7 nitrogen and oxygen atoms in total. The van der Waals surface area contributed by atoms with Gasteiger partial charge in [-0.25, -0.2) is 8.42 Å². The standard InChI is InChI=1S/C20H27ClO6S.C8H11N/c1-19(2)11-26-20(27-12-19)7-6-13(10-20)8-15(18(22)23)14-4-5-17(16(21)9-14)28(3,24)25;1-7(9)8-5-3-2-4-6-8/h4-5,9,13,15H,6-8,10-12H2,1-3H3,(H,22,23);2-7H,9H2,1H3/t13-,15?;/m1./s1. The lowest BCUT2D eigenvalue weighted by atomic mass is 9.87. The number of halogens is 1. The van der Waals surface area contributed by atoms with E-state index < -0.39 is 27.5 Å². The average Bonchev–Trinajstić information content (AvgIpc) is 3.22. The number of quaternary nitrogens is 1. The van der Waals surface area contributed by atoms with Gasteiger partial charge in [0.05, 0.1) is 23.1 Å². The van der Waals surface area contributed by atoms with Gasteiger partial charge in [0.1, 0.15) is 6.04 Å². The van der Waals surface area contributed by atoms with Gasteiger partial charge in [0.2, 0.25) is 0 Å². The molecular formula is C28H38ClNO6S. The van der Waals surface area contributed by atoms with Gasteiger partial charge in [0, 0.05) is 42.0 Å². The van der Waals surface area contributed by atoms with Crippen LogP contribution >= 0.6 is 11.6 Å². The lowest BCUT2D eigenvalue weighted by Gasteiger charge is -2.41. The van der Waals surface area contributed by atoms with Crippen LogP contribution in [0.25, 0.3) is 0 Å². The maximum Gasteiger partial charge on any atom is 0.176 e. The third kappa shape index (κ3) is 8.01. The maximum absolute atomic E-state index is 11.8. The molecule has 4 rings (SSSR count). The van der Waals surface area contributed by atoms with Gasteiger partial charge in [-0.05, 0) is 43.4 Å². The highest BCUT2D eigenvalue weighted by Crippen LogP contribution is 2.46. The summed E-state index contributed by atoms with van der Waals surface area (Å²) in [5.41, 5.74) is 5.64. The molecule has 3 atom stereocenters. The fourth-order valence-corrected chi connectivity index (χ4v) is 6.12. The number of carboxylic acids is 1. The Balaban J connectivity index is 0.000000356. The molecule has 37 heavy (non-hydrogen) atoms. The monoisotopic (exact) mass is 551 g/mol. The van der Waals surface area contributed by atoms with Crippen LogP contribution in [0.5, 0.6) is 0 Å². The van der Waals surface area contributed by atoms with E-state index in [9.17, 15) is 18.3 Å². The normalized spacial score (nSPS) is 22.1. The minimum Gasteiger partial charge on any atom is -0.549 e. The predicted octanol–water partition coefficient (Wildman–Crippen LogP) is 3.53. The maximum atomic E-state index is 11.8. The Morgan fingerprint density at radius 1 is 1.14 bits per heavy atom. The molecule has 0 radical (unpaired) electrons. The van der Waals surface area contributed by atoms with Crippen LogP contribution in [0.4, 0.5) is 0 Å². The highest BCUT2D eigenvalue weighted by atomic mass is 35.5. The summed E-state index contributed by atoms with van der Waals surface area (Å²) in [5.74, 6) is -2.58. The van der Waals surface area contributed by atoms with Crippen molar-refractivity contribution in [3.05, 3.63) is 64.7 Å². The fourth-order valence-electron chi connectivity index (χ4n) is 4.79. The zero-order valence-corrected chi connectivity index (χ0v) is 23.6. The van der Waals surface area contributed by atoms with E-state index >= 15 is 0 Å². The van der Waals surface area contributed by atoms with Crippen molar-refractivity contribution < 1.29 is 33.5 Å². The number of carboxylic acid groups (broad SMARTS) is 1. The number of aliphatic carboxylic acids is 1. The minimum atomic E-state index is -3.47. The van der Waals surface area contributed by atoms with Gasteiger partial charge in [-0.1, -0.05) is 61.8 Å². The summed E-state index contributed by atoms with van der Waals surface area (Å²) >= 11 is 6.09. The largest absolute Gasteiger partial charge is 0.549 e. The van der Waals surface area contributed by atoms with Crippen LogP contribution in [0.1, 0.15) is 69.5 Å². The molecule has 1 saturated carbocycles. The number of sulfone groups is 1. The third-order valence-corrected chi connectivity index (χ3v) is 8.54. The van der Waals surface area contributed by atoms with Gasteiger partial charge < -0.3 is 25.1 Å². The summed E-state index contributed by atoms with van der Waals surface area (Å²) in [6.07, 6.45) is 3.62. The Bertz CT molecular complexity index is 1170. The molecule has 204 valence electrons. The van der Waals surface area contributed by atoms with Crippen molar-refractivity contribution >= 4 is 27.4 Å². The minimum absolute atomic E-state index is 0.0125. The van der Waals surface area contributed by atoms with E-state index in [-0.39, 0.29) is 21.3 Å². The first-order chi connectivity index (χ1) is 17.2. The van der Waals surface area contributed by atoms with E-state index in [1.54, 1.807) is 0 Å². The summed E-state index contributed by atoms with van der Waals surface area (Å²) in [6.45, 7) is 7.50. The molecular weight excluding hydrogens is 514 g/mol. The topological polar surface area (TPSA) is 120 Å². The zero-order valence-electron chi connectivity index (χ0n) is 22.0. The van der Waals surface area contributed by atoms with Crippen molar-refractivity contribution in [3.8, 4) is 0 Å². The lowest BCUT2D eigenvalue weighted by molar-refractivity contribution is -0.420. The van der Waals surface area contributed by atoms with Crippen LogP contribution < -0.4 is 10.8 Å². The first kappa shape index (κ1) is 29.6. The SMILES string of the molecule is CC([NH3+])c1ccccc1.CC1(C)COC2(CC[C@H](CC(C(=O)[O-])c3ccc(S(C)(=O)=O)c(Cl)c3)C2)OC1. The van der Waals surface area contributed by atoms with Crippen LogP contribution in [0.2, 0.25) is 5.02 Å². The quantitative estimate of drug-likeness (QED) is 0.586. The smallest absolute Gasteiger partial charge is 0.176 e. The molecule has 1 aliphatic carbocycles. The van der Waals surface area contributed by atoms with Crippen LogP contribution in [0, 0.1) is 11.3 Å². The van der Waals surface area contributed by atoms with Crippen molar-refractivity contribution in [2.75, 3.05) is 19.5 Å². The van der Waals surface area contributed by atoms with Crippen LogP contribution in [0.3, 0.4) is 0 Å². The Hall–Kier alpha value is -1.97. The summed E-state index contributed by atoms with van der Waals surface area (Å²) in [5, 5.41) is 11.8. The number of ether oxygens (including phenoxy) is 2. The van der Waals surface area contributed by atoms with Crippen LogP contribution in [-0.4, -0.2) is 39.6 Å². The Morgan fingerprint density at radius 2 is 1.76 bits per heavy atom. The van der Waals surface area contributed by atoms with Gasteiger partial charge in [0.25, 0.3) is 0 Å². The molecule has 1 spiro atoms. The van der Waals surface area contributed by atoms with Crippen LogP contribution in [-0.2, 0) is 24.1 Å². The molecule has 2 aromatic carbocycles. The Kier molecular flexibility index (Phi) is 9.46. The van der Waals surface area contributed by atoms with Crippen molar-refractivity contribution in [2.24, 2.45) is 11.3 Å². The molecule has 1 aliphatic heterocycles. The number of carbonyl (C=O) groups excluding carboxylic acids is 1. The van der Waals surface area contributed by atoms with E-state index in [0.717, 1.165) is 19.1 Å². The molecule has 2 fully saturated rings. The van der Waals surface area contributed by atoms with Crippen molar-refractivity contribution in [3.63, 3.8) is 0 Å². The van der Waals surface area contributed by atoms with Crippen molar-refractivity contribution in [1.82, 2.24) is 0 Å². The number of hydrogen-bond donors (Lipinski definition) is 1. The molecule has 3 N–H and O–H groups in total. The molecule has 2 aromatic rings. The average molecular weight is 552 g/mol. The number of rotatable bonds is 6. The molecule has 2 aliphatic rings. The second kappa shape index (κ2) is 11.8. The Morgan fingerprint density at radius 3 is 2.24 bits per heavy atom. The molecule has 0 aromatic heterocycles. The molecule has 2 unspecified atom stereocenters. The first-order valence-corrected chi connectivity index (χ1v) is 14.8. The second-order valence-electron chi connectivity index (χ2n) is 11.1. The van der Waals surface area contributed by atoms with Crippen LogP contribution in [0.15, 0.2) is 53.4 Å². The van der Waals surface area contributed by atoms with E-state index in [1.807, 2.05) is 18.2 Å². The molecule has 0 bridgehead atoms. The summed E-state index contributed by atoms with van der Waals surface area (Å²) in [4.78, 5) is 11.8. The molecule has 1 saturated heterocycles. The van der Waals surface area contributed by atoms with Gasteiger partial charge in [-0.3, -0.25) is 0 Å². The zero-order chi connectivity index (χ0) is 27.4. The molecule has 1 heterocycles. The fraction of sp³-hybridized carbons (Fsp3) is 0.536. The van der Waals surface area contributed by atoms with Gasteiger partial charge in [-0.2, -0.15) is 0 Å². The van der Waals surface area contributed by atoms with E-state index in [2.05, 4.69) is 38.6 Å². The molecule has 0 amide bonds. The van der Waals surface area contributed by atoms with E-state index in [0.29, 0.717) is 37.7 Å². The summed E-state index contributed by atoms with van der Waals surface area (Å²) in [7, 11) is -3.47. The van der Waals surface area contributed by atoms with E-state index in [1.165, 1.54) is 23.8 Å². The Labute approximate surface area is 225 Å². The number of carbonyl (C=O) groups is 1. The van der Waals surface area contributed by atoms with Gasteiger partial charge in [0.15, 0.2) is 15.6 Å². The lowest BCUT2D eigenvalue weighted by Crippen LogP contribution is -2.51. The number of hydrogen-bond acceptors (Lipinski definition) is 6. The number of benzene rings is 2. The van der Waals surface area contributed by atoms with Gasteiger partial charge in [-0.15, -0.1) is 0 Å². The first-order valence-electron chi connectivity index (χ1n) is 12.6. The predicted molar refractivity (Wildman–Crippen MR) is 140 cm³/mol. The van der Waals surface area contributed by atoms with Crippen molar-refractivity contribution in [2.45, 2.75) is 69.1 Å². The highest BCUT2D eigenvalue weighted by molar-refractivity contribution is 7.90. The summed E-state index contributed by atoms with van der Waals surface area (Å²) in [6, 6.07) is 15.0. The third-order valence-electron chi connectivity index (χ3n) is 6.97. The molecule has 9 heteroatoms. The second-order valence-corrected chi connectivity index (χ2v) is 13.5. The van der Waals surface area contributed by atoms with Crippen molar-refractivity contribution in [1.29, 1.82) is 0 Å². The van der Waals surface area contributed by atoms with E-state index in [4.69, 9.17) is 21.1 Å².